The molecule has 32 heavy (non-hydrogen) atoms. The minimum atomic E-state index is -0.151. The van der Waals surface area contributed by atoms with Crippen LogP contribution in [0.4, 0.5) is 5.69 Å². The van der Waals surface area contributed by atoms with Gasteiger partial charge in [0.2, 0.25) is 11.8 Å². The average molecular weight is 445 g/mol. The zero-order valence-corrected chi connectivity index (χ0v) is 18.7. The number of aromatic nitrogens is 2. The first-order valence-electron chi connectivity index (χ1n) is 10.7. The van der Waals surface area contributed by atoms with Crippen LogP contribution in [0.1, 0.15) is 23.3 Å². The quantitative estimate of drug-likeness (QED) is 0.489. The first-order valence-corrected chi connectivity index (χ1v) is 11.6. The molecule has 0 spiro atoms. The van der Waals surface area contributed by atoms with Crippen LogP contribution in [0.3, 0.4) is 0 Å². The molecule has 1 aliphatic heterocycles. The normalized spacial score (nSPS) is 13.2. The molecule has 0 bridgehead atoms. The van der Waals surface area contributed by atoms with Gasteiger partial charge in [0, 0.05) is 49.1 Å². The molecule has 7 heteroatoms. The Bertz CT molecular complexity index is 1290. The van der Waals surface area contributed by atoms with Crippen LogP contribution in [0.5, 0.6) is 0 Å². The van der Waals surface area contributed by atoms with Crippen LogP contribution in [0.2, 0.25) is 0 Å². The van der Waals surface area contributed by atoms with Gasteiger partial charge in [-0.1, -0.05) is 12.1 Å². The van der Waals surface area contributed by atoms with E-state index in [1.165, 1.54) is 10.4 Å². The Kier molecular flexibility index (Phi) is 5.49. The fourth-order valence-electron chi connectivity index (χ4n) is 4.17. The zero-order valence-electron chi connectivity index (χ0n) is 17.9. The number of carbonyl (C=O) groups excluding carboxylic acids is 2. The number of benzene rings is 2. The summed E-state index contributed by atoms with van der Waals surface area (Å²) in [5.74, 6) is 0.765. The van der Waals surface area contributed by atoms with E-state index in [1.54, 1.807) is 11.3 Å². The Labute approximate surface area is 190 Å². The van der Waals surface area contributed by atoms with Crippen molar-refractivity contribution in [3.63, 3.8) is 0 Å². The third-order valence-electron chi connectivity index (χ3n) is 5.94. The third kappa shape index (κ3) is 4.03. The molecule has 0 aliphatic carbocycles. The lowest BCUT2D eigenvalue weighted by Crippen LogP contribution is -2.35. The van der Waals surface area contributed by atoms with Crippen LogP contribution in [0, 0.1) is 0 Å². The number of hydrogen-bond donors (Lipinski definition) is 1. The SMILES string of the molecule is Cn1c(-c2ccc(NC(=O)CCC(=O)N3CCc4sccc4C3)cc2)nc2ccccc21. The molecule has 2 amide bonds. The number of anilines is 1. The number of thiophene rings is 1. The van der Waals surface area contributed by atoms with Crippen molar-refractivity contribution in [3.05, 3.63) is 70.4 Å². The predicted molar refractivity (Wildman–Crippen MR) is 127 cm³/mol. The Hall–Kier alpha value is -3.45. The van der Waals surface area contributed by atoms with Crippen LogP contribution >= 0.6 is 11.3 Å². The molecular formula is C25H24N4O2S. The van der Waals surface area contributed by atoms with Gasteiger partial charge in [-0.25, -0.2) is 4.98 Å². The molecule has 2 aromatic heterocycles. The maximum Gasteiger partial charge on any atom is 0.224 e. The topological polar surface area (TPSA) is 67.2 Å². The summed E-state index contributed by atoms with van der Waals surface area (Å²) in [6, 6.07) is 17.8. The summed E-state index contributed by atoms with van der Waals surface area (Å²) >= 11 is 1.75. The second kappa shape index (κ2) is 8.59. The van der Waals surface area contributed by atoms with E-state index in [0.29, 0.717) is 12.2 Å². The Balaban J connectivity index is 1.17. The molecule has 0 atom stereocenters. The molecule has 2 aromatic carbocycles. The van der Waals surface area contributed by atoms with E-state index in [0.717, 1.165) is 35.4 Å². The standard InChI is InChI=1S/C25H24N4O2S/c1-28-21-5-3-2-4-20(21)27-25(28)17-6-8-19(9-7-17)26-23(30)10-11-24(31)29-14-12-22-18(16-29)13-15-32-22/h2-9,13,15H,10-12,14,16H2,1H3,(H,26,30). The van der Waals surface area contributed by atoms with Crippen molar-refractivity contribution in [2.75, 3.05) is 11.9 Å². The number of para-hydroxylation sites is 2. The highest BCUT2D eigenvalue weighted by Gasteiger charge is 2.21. The van der Waals surface area contributed by atoms with E-state index in [1.807, 2.05) is 60.5 Å². The van der Waals surface area contributed by atoms with E-state index < -0.39 is 0 Å². The molecular weight excluding hydrogens is 420 g/mol. The van der Waals surface area contributed by atoms with Crippen LogP contribution in [-0.2, 0) is 29.6 Å². The van der Waals surface area contributed by atoms with Crippen molar-refractivity contribution in [2.24, 2.45) is 7.05 Å². The molecule has 0 radical (unpaired) electrons. The lowest BCUT2D eigenvalue weighted by atomic mass is 10.1. The summed E-state index contributed by atoms with van der Waals surface area (Å²) in [4.78, 5) is 32.9. The molecule has 5 rings (SSSR count). The van der Waals surface area contributed by atoms with Crippen molar-refractivity contribution in [3.8, 4) is 11.4 Å². The van der Waals surface area contributed by atoms with Crippen molar-refractivity contribution in [1.29, 1.82) is 0 Å². The molecule has 0 fully saturated rings. The molecule has 4 aromatic rings. The van der Waals surface area contributed by atoms with Crippen molar-refractivity contribution >= 4 is 39.9 Å². The van der Waals surface area contributed by atoms with Gasteiger partial charge in [0.15, 0.2) is 0 Å². The maximum atomic E-state index is 12.5. The number of carbonyl (C=O) groups is 2. The highest BCUT2D eigenvalue weighted by molar-refractivity contribution is 7.10. The summed E-state index contributed by atoms with van der Waals surface area (Å²) < 4.78 is 2.06. The Morgan fingerprint density at radius 1 is 1.06 bits per heavy atom. The molecule has 0 saturated heterocycles. The first-order chi connectivity index (χ1) is 15.6. The molecule has 0 saturated carbocycles. The number of imidazole rings is 1. The van der Waals surface area contributed by atoms with Crippen molar-refractivity contribution in [2.45, 2.75) is 25.8 Å². The summed E-state index contributed by atoms with van der Waals surface area (Å²) in [5.41, 5.74) is 4.96. The van der Waals surface area contributed by atoms with Crippen LogP contribution in [-0.4, -0.2) is 32.8 Å². The summed E-state index contributed by atoms with van der Waals surface area (Å²) in [7, 11) is 2.00. The Morgan fingerprint density at radius 2 is 1.88 bits per heavy atom. The van der Waals surface area contributed by atoms with E-state index >= 15 is 0 Å². The van der Waals surface area contributed by atoms with Crippen LogP contribution in [0.15, 0.2) is 60.0 Å². The van der Waals surface area contributed by atoms with Gasteiger partial charge < -0.3 is 14.8 Å². The van der Waals surface area contributed by atoms with Gasteiger partial charge in [-0.3, -0.25) is 9.59 Å². The highest BCUT2D eigenvalue weighted by atomic mass is 32.1. The summed E-state index contributed by atoms with van der Waals surface area (Å²) in [6.45, 7) is 1.39. The third-order valence-corrected chi connectivity index (χ3v) is 6.96. The summed E-state index contributed by atoms with van der Waals surface area (Å²) in [6.07, 6.45) is 1.31. The lowest BCUT2D eigenvalue weighted by molar-refractivity contribution is -0.133. The number of amides is 2. The number of nitrogens with zero attached hydrogens (tertiary/aromatic N) is 3. The minimum absolute atomic E-state index is 0.0363. The van der Waals surface area contributed by atoms with Gasteiger partial charge in [-0.15, -0.1) is 11.3 Å². The molecule has 3 heterocycles. The average Bonchev–Trinajstić information content (AvgIpc) is 3.42. The van der Waals surface area contributed by atoms with Gasteiger partial charge in [0.05, 0.1) is 11.0 Å². The van der Waals surface area contributed by atoms with Gasteiger partial charge in [0.25, 0.3) is 0 Å². The maximum absolute atomic E-state index is 12.5. The number of aryl methyl sites for hydroxylation is 1. The number of hydrogen-bond acceptors (Lipinski definition) is 4. The van der Waals surface area contributed by atoms with E-state index in [2.05, 4.69) is 21.3 Å². The number of rotatable bonds is 5. The Morgan fingerprint density at radius 3 is 2.69 bits per heavy atom. The van der Waals surface area contributed by atoms with E-state index in [-0.39, 0.29) is 24.7 Å². The first kappa shape index (κ1) is 20.5. The predicted octanol–water partition coefficient (Wildman–Crippen LogP) is 4.61. The van der Waals surface area contributed by atoms with Crippen molar-refractivity contribution < 1.29 is 9.59 Å². The summed E-state index contributed by atoms with van der Waals surface area (Å²) in [5, 5.41) is 4.97. The second-order valence-electron chi connectivity index (χ2n) is 8.04. The van der Waals surface area contributed by atoms with Gasteiger partial charge in [-0.05, 0) is 59.8 Å². The van der Waals surface area contributed by atoms with Crippen LogP contribution < -0.4 is 5.32 Å². The fourth-order valence-corrected chi connectivity index (χ4v) is 5.06. The molecule has 162 valence electrons. The molecule has 0 unspecified atom stereocenters. The zero-order chi connectivity index (χ0) is 22.1. The molecule has 1 N–H and O–H groups in total. The largest absolute Gasteiger partial charge is 0.338 e. The van der Waals surface area contributed by atoms with Crippen molar-refractivity contribution in [1.82, 2.24) is 14.5 Å². The number of nitrogens with one attached hydrogen (secondary N) is 1. The second-order valence-corrected chi connectivity index (χ2v) is 9.04. The number of fused-ring (bicyclic) bond motifs is 2. The van der Waals surface area contributed by atoms with Gasteiger partial charge in [0.1, 0.15) is 5.82 Å². The fraction of sp³-hybridized carbons (Fsp3) is 0.240. The molecule has 1 aliphatic rings. The van der Waals surface area contributed by atoms with E-state index in [9.17, 15) is 9.59 Å². The van der Waals surface area contributed by atoms with E-state index in [4.69, 9.17) is 4.98 Å². The van der Waals surface area contributed by atoms with Gasteiger partial charge in [-0.2, -0.15) is 0 Å². The highest BCUT2D eigenvalue weighted by Crippen LogP contribution is 2.26. The monoisotopic (exact) mass is 444 g/mol. The van der Waals surface area contributed by atoms with Crippen LogP contribution in [0.25, 0.3) is 22.4 Å². The van der Waals surface area contributed by atoms with Gasteiger partial charge >= 0.3 is 0 Å². The molecule has 6 nitrogen and oxygen atoms in total. The smallest absolute Gasteiger partial charge is 0.224 e. The lowest BCUT2D eigenvalue weighted by Gasteiger charge is -2.27. The minimum Gasteiger partial charge on any atom is -0.338 e.